The van der Waals surface area contributed by atoms with Crippen LogP contribution in [-0.2, 0) is 0 Å². The molecule has 7 heteroatoms. The average molecular weight is 380 g/mol. The van der Waals surface area contributed by atoms with Gasteiger partial charge in [0.1, 0.15) is 16.3 Å². The number of rotatable bonds is 6. The molecule has 0 saturated carbocycles. The summed E-state index contributed by atoms with van der Waals surface area (Å²) in [4.78, 5) is 17.2. The Bertz CT molecular complexity index is 947. The fourth-order valence-electron chi connectivity index (χ4n) is 2.42. The molecule has 2 N–H and O–H groups in total. The first-order valence-electron chi connectivity index (χ1n) is 8.29. The molecule has 2 aromatic carbocycles. The van der Waals surface area contributed by atoms with Crippen LogP contribution in [0.1, 0.15) is 21.5 Å². The van der Waals surface area contributed by atoms with Crippen molar-refractivity contribution in [3.63, 3.8) is 0 Å². The minimum absolute atomic E-state index is 0.269. The zero-order chi connectivity index (χ0) is 19.2. The van der Waals surface area contributed by atoms with Gasteiger partial charge in [0.05, 0.1) is 7.11 Å². The van der Waals surface area contributed by atoms with Gasteiger partial charge in [0.15, 0.2) is 5.82 Å². The number of amides is 1. The van der Waals surface area contributed by atoms with Gasteiger partial charge in [-0.3, -0.25) is 9.89 Å². The summed E-state index contributed by atoms with van der Waals surface area (Å²) in [6.07, 6.45) is 3.58. The number of nitrogens with one attached hydrogen (secondary N) is 2. The molecular weight excluding hydrogens is 360 g/mol. The van der Waals surface area contributed by atoms with Gasteiger partial charge < -0.3 is 10.1 Å². The van der Waals surface area contributed by atoms with Crippen LogP contribution in [-0.4, -0.2) is 35.7 Å². The average Bonchev–Trinajstić information content (AvgIpc) is 3.11. The van der Waals surface area contributed by atoms with E-state index in [1.54, 1.807) is 37.6 Å². The number of aryl methyl sites for hydroxylation is 1. The molecule has 0 aliphatic heterocycles. The quantitative estimate of drug-likeness (QED) is 0.489. The van der Waals surface area contributed by atoms with Gasteiger partial charge in [-0.1, -0.05) is 29.8 Å². The molecule has 27 heavy (non-hydrogen) atoms. The Morgan fingerprint density at radius 1 is 1.19 bits per heavy atom. The van der Waals surface area contributed by atoms with Gasteiger partial charge in [-0.25, -0.2) is 4.99 Å². The van der Waals surface area contributed by atoms with E-state index in [0.717, 1.165) is 11.3 Å². The van der Waals surface area contributed by atoms with Crippen LogP contribution in [0.2, 0.25) is 0 Å². The third-order valence-electron chi connectivity index (χ3n) is 3.90. The number of aliphatic imine (C=N–C) groups is 1. The number of benzene rings is 2. The van der Waals surface area contributed by atoms with E-state index in [9.17, 15) is 4.79 Å². The highest BCUT2D eigenvalue weighted by Gasteiger charge is 2.20. The van der Waals surface area contributed by atoms with Gasteiger partial charge >= 0.3 is 0 Å². The SMILES string of the molecule is COc1ccc(NC(=O)c2c(SC)n[nH]c2/N=C\c2ccc(C)cc2)cc1. The van der Waals surface area contributed by atoms with E-state index < -0.39 is 0 Å². The fourth-order valence-corrected chi connectivity index (χ4v) is 2.95. The second kappa shape index (κ2) is 8.55. The van der Waals surface area contributed by atoms with Gasteiger partial charge in [0.2, 0.25) is 0 Å². The molecule has 0 bridgehead atoms. The largest absolute Gasteiger partial charge is 0.497 e. The van der Waals surface area contributed by atoms with Crippen molar-refractivity contribution in [2.45, 2.75) is 11.9 Å². The summed E-state index contributed by atoms with van der Waals surface area (Å²) in [5.41, 5.74) is 3.21. The molecule has 138 valence electrons. The normalized spacial score (nSPS) is 10.9. The van der Waals surface area contributed by atoms with Crippen LogP contribution in [0.25, 0.3) is 0 Å². The second-order valence-corrected chi connectivity index (χ2v) is 6.60. The van der Waals surface area contributed by atoms with E-state index in [1.807, 2.05) is 37.4 Å². The summed E-state index contributed by atoms with van der Waals surface area (Å²) in [5.74, 6) is 0.879. The maximum Gasteiger partial charge on any atom is 0.262 e. The molecule has 0 saturated heterocycles. The second-order valence-electron chi connectivity index (χ2n) is 5.81. The lowest BCUT2D eigenvalue weighted by atomic mass is 10.2. The number of aromatic amines is 1. The highest BCUT2D eigenvalue weighted by Crippen LogP contribution is 2.27. The summed E-state index contributed by atoms with van der Waals surface area (Å²) in [6.45, 7) is 2.03. The number of carbonyl (C=O) groups excluding carboxylic acids is 1. The zero-order valence-electron chi connectivity index (χ0n) is 15.3. The van der Waals surface area contributed by atoms with E-state index in [2.05, 4.69) is 20.5 Å². The minimum Gasteiger partial charge on any atom is -0.497 e. The van der Waals surface area contributed by atoms with Crippen molar-refractivity contribution in [3.8, 4) is 5.75 Å². The van der Waals surface area contributed by atoms with Crippen molar-refractivity contribution in [3.05, 3.63) is 65.2 Å². The Labute approximate surface area is 162 Å². The number of aromatic nitrogens is 2. The Kier molecular flexibility index (Phi) is 5.93. The topological polar surface area (TPSA) is 79.4 Å². The number of hydrogen-bond acceptors (Lipinski definition) is 5. The van der Waals surface area contributed by atoms with Crippen molar-refractivity contribution in [1.29, 1.82) is 0 Å². The van der Waals surface area contributed by atoms with Crippen LogP contribution < -0.4 is 10.1 Å². The van der Waals surface area contributed by atoms with Crippen LogP contribution in [0.5, 0.6) is 5.75 Å². The molecule has 6 nitrogen and oxygen atoms in total. The summed E-state index contributed by atoms with van der Waals surface area (Å²) in [5, 5.41) is 10.5. The molecule has 0 atom stereocenters. The first-order valence-corrected chi connectivity index (χ1v) is 9.51. The molecule has 0 fully saturated rings. The minimum atomic E-state index is -0.269. The number of anilines is 1. The van der Waals surface area contributed by atoms with E-state index in [0.29, 0.717) is 22.1 Å². The molecule has 0 spiro atoms. The van der Waals surface area contributed by atoms with Gasteiger partial charge in [0, 0.05) is 11.9 Å². The molecule has 1 amide bonds. The predicted molar refractivity (Wildman–Crippen MR) is 110 cm³/mol. The van der Waals surface area contributed by atoms with Gasteiger partial charge in [-0.15, -0.1) is 11.8 Å². The Hall–Kier alpha value is -3.06. The van der Waals surface area contributed by atoms with Crippen molar-refractivity contribution in [2.24, 2.45) is 4.99 Å². The summed E-state index contributed by atoms with van der Waals surface area (Å²) >= 11 is 1.39. The fraction of sp³-hybridized carbons (Fsp3) is 0.150. The number of ether oxygens (including phenoxy) is 1. The predicted octanol–water partition coefficient (Wildman–Crippen LogP) is 4.45. The van der Waals surface area contributed by atoms with Crippen LogP contribution >= 0.6 is 11.8 Å². The van der Waals surface area contributed by atoms with E-state index in [4.69, 9.17) is 4.74 Å². The Morgan fingerprint density at radius 3 is 2.52 bits per heavy atom. The standard InChI is InChI=1S/C20H20N4O2S/c1-13-4-6-14(7-5-13)12-21-18-17(20(27-3)24-23-18)19(25)22-15-8-10-16(26-2)11-9-15/h4-12H,1-3H3,(H,22,25)(H,23,24)/b21-12-. The third kappa shape index (κ3) is 4.57. The molecule has 3 aromatic rings. The van der Waals surface area contributed by atoms with E-state index in [1.165, 1.54) is 17.3 Å². The molecular formula is C20H20N4O2S. The highest BCUT2D eigenvalue weighted by atomic mass is 32.2. The molecule has 1 heterocycles. The van der Waals surface area contributed by atoms with Crippen molar-refractivity contribution >= 4 is 35.4 Å². The van der Waals surface area contributed by atoms with Crippen LogP contribution in [0.15, 0.2) is 58.5 Å². The number of carbonyl (C=O) groups is 1. The van der Waals surface area contributed by atoms with Gasteiger partial charge in [0.25, 0.3) is 5.91 Å². The lowest BCUT2D eigenvalue weighted by molar-refractivity contribution is 0.102. The maximum atomic E-state index is 12.8. The molecule has 0 aliphatic carbocycles. The summed E-state index contributed by atoms with van der Waals surface area (Å²) in [6, 6.07) is 15.1. The van der Waals surface area contributed by atoms with Crippen molar-refractivity contribution < 1.29 is 9.53 Å². The number of thioether (sulfide) groups is 1. The molecule has 3 rings (SSSR count). The van der Waals surface area contributed by atoms with E-state index >= 15 is 0 Å². The Morgan fingerprint density at radius 2 is 1.89 bits per heavy atom. The van der Waals surface area contributed by atoms with Gasteiger partial charge in [-0.2, -0.15) is 5.10 Å². The van der Waals surface area contributed by atoms with Crippen LogP contribution in [0, 0.1) is 6.92 Å². The lowest BCUT2D eigenvalue weighted by Gasteiger charge is -2.06. The smallest absolute Gasteiger partial charge is 0.262 e. The van der Waals surface area contributed by atoms with Crippen LogP contribution in [0.3, 0.4) is 0 Å². The maximum absolute atomic E-state index is 12.8. The van der Waals surface area contributed by atoms with Gasteiger partial charge in [-0.05, 0) is 43.0 Å². The first-order chi connectivity index (χ1) is 13.1. The summed E-state index contributed by atoms with van der Waals surface area (Å²) < 4.78 is 5.13. The van der Waals surface area contributed by atoms with Crippen molar-refractivity contribution in [2.75, 3.05) is 18.7 Å². The molecule has 0 radical (unpaired) electrons. The number of methoxy groups -OCH3 is 1. The lowest BCUT2D eigenvalue weighted by Crippen LogP contribution is -2.12. The number of nitrogens with zero attached hydrogens (tertiary/aromatic N) is 2. The molecule has 1 aromatic heterocycles. The van der Waals surface area contributed by atoms with Crippen molar-refractivity contribution in [1.82, 2.24) is 10.2 Å². The highest BCUT2D eigenvalue weighted by molar-refractivity contribution is 7.98. The molecule has 0 aliphatic rings. The third-order valence-corrected chi connectivity index (χ3v) is 4.58. The van der Waals surface area contributed by atoms with Crippen LogP contribution in [0.4, 0.5) is 11.5 Å². The number of hydrogen-bond donors (Lipinski definition) is 2. The monoisotopic (exact) mass is 380 g/mol. The Balaban J connectivity index is 1.83. The zero-order valence-corrected chi connectivity index (χ0v) is 16.1. The number of H-pyrrole nitrogens is 1. The molecule has 0 unspecified atom stereocenters. The summed E-state index contributed by atoms with van der Waals surface area (Å²) in [7, 11) is 1.60. The first kappa shape index (κ1) is 18.7. The van der Waals surface area contributed by atoms with E-state index in [-0.39, 0.29) is 5.91 Å².